The molecule has 7 nitrogen and oxygen atoms in total. The average molecular weight is 574 g/mol. The molecule has 1 saturated heterocycles. The highest BCUT2D eigenvalue weighted by Crippen LogP contribution is 2.32. The third kappa shape index (κ3) is 6.00. The van der Waals surface area contributed by atoms with Gasteiger partial charge in [0.15, 0.2) is 17.0 Å². The van der Waals surface area contributed by atoms with Crippen LogP contribution in [0.4, 0.5) is 11.5 Å². The van der Waals surface area contributed by atoms with E-state index in [1.54, 1.807) is 0 Å². The van der Waals surface area contributed by atoms with Gasteiger partial charge in [-0.15, -0.1) is 0 Å². The Labute approximate surface area is 255 Å². The number of hydrogen-bond acceptors (Lipinski definition) is 6. The van der Waals surface area contributed by atoms with Crippen LogP contribution in [0.5, 0.6) is 0 Å². The Morgan fingerprint density at radius 1 is 0.814 bits per heavy atom. The van der Waals surface area contributed by atoms with Gasteiger partial charge in [-0.05, 0) is 76.4 Å². The number of para-hydroxylation sites is 1. The third-order valence-electron chi connectivity index (χ3n) is 8.88. The molecule has 0 saturated carbocycles. The van der Waals surface area contributed by atoms with Crippen molar-refractivity contribution in [3.8, 4) is 17.1 Å². The van der Waals surface area contributed by atoms with Crippen molar-refractivity contribution in [1.82, 2.24) is 24.4 Å². The molecular weight excluding hydrogens is 530 g/mol. The van der Waals surface area contributed by atoms with Crippen LogP contribution in [0.3, 0.4) is 0 Å². The molecule has 6 rings (SSSR count). The molecule has 3 aromatic carbocycles. The first-order chi connectivity index (χ1) is 20.9. The van der Waals surface area contributed by atoms with Crippen LogP contribution >= 0.6 is 0 Å². The first kappa shape index (κ1) is 28.9. The van der Waals surface area contributed by atoms with Gasteiger partial charge in [-0.3, -0.25) is 9.47 Å². The lowest BCUT2D eigenvalue weighted by molar-refractivity contribution is 0.186. The van der Waals surface area contributed by atoms with Crippen molar-refractivity contribution in [1.29, 1.82) is 0 Å². The number of benzene rings is 3. The van der Waals surface area contributed by atoms with Gasteiger partial charge in [-0.25, -0.2) is 15.0 Å². The number of unbranched alkanes of at least 4 members (excludes halogenated alkanes) is 1. The van der Waals surface area contributed by atoms with Crippen LogP contribution in [-0.2, 0) is 0 Å². The maximum Gasteiger partial charge on any atom is 0.170 e. The Bertz CT molecular complexity index is 1680. The van der Waals surface area contributed by atoms with Gasteiger partial charge >= 0.3 is 0 Å². The molecule has 0 N–H and O–H groups in total. The van der Waals surface area contributed by atoms with E-state index in [-0.39, 0.29) is 0 Å². The lowest BCUT2D eigenvalue weighted by Crippen LogP contribution is -2.52. The summed E-state index contributed by atoms with van der Waals surface area (Å²) in [7, 11) is 2.14. The Kier molecular flexibility index (Phi) is 8.43. The topological polar surface area (TPSA) is 53.3 Å². The number of rotatable bonds is 9. The quantitative estimate of drug-likeness (QED) is 0.180. The SMILES string of the molecule is Cc1nc(N(C)CCCCN2CCN(c3cccc(C)c3C)C[C@H]2C)c2nc(-c3ccccc3)n(-c3ccccc3)c2n1. The first-order valence-corrected chi connectivity index (χ1v) is 15.5. The number of imidazole rings is 1. The molecule has 0 spiro atoms. The molecule has 0 aliphatic carbocycles. The largest absolute Gasteiger partial charge is 0.368 e. The van der Waals surface area contributed by atoms with Gasteiger partial charge in [0.25, 0.3) is 0 Å². The molecule has 1 aliphatic heterocycles. The molecule has 0 unspecified atom stereocenters. The Balaban J connectivity index is 1.15. The zero-order valence-corrected chi connectivity index (χ0v) is 26.2. The normalized spacial score (nSPS) is 15.7. The lowest BCUT2D eigenvalue weighted by atomic mass is 10.1. The molecular formula is C36H43N7. The number of aryl methyl sites for hydroxylation is 2. The molecule has 1 aliphatic rings. The summed E-state index contributed by atoms with van der Waals surface area (Å²) in [6, 6.07) is 27.9. The molecule has 2 aromatic heterocycles. The number of anilines is 2. The van der Waals surface area contributed by atoms with E-state index in [0.717, 1.165) is 85.4 Å². The van der Waals surface area contributed by atoms with Crippen LogP contribution in [-0.4, -0.2) is 70.2 Å². The van der Waals surface area contributed by atoms with Gasteiger partial charge in [0.2, 0.25) is 0 Å². The predicted molar refractivity (Wildman–Crippen MR) is 179 cm³/mol. The number of hydrogen-bond donors (Lipinski definition) is 0. The van der Waals surface area contributed by atoms with Crippen molar-refractivity contribution in [3.05, 3.63) is 95.8 Å². The molecule has 0 bridgehead atoms. The highest BCUT2D eigenvalue weighted by Gasteiger charge is 2.25. The monoisotopic (exact) mass is 573 g/mol. The molecule has 0 amide bonds. The summed E-state index contributed by atoms with van der Waals surface area (Å²) in [4.78, 5) is 22.4. The van der Waals surface area contributed by atoms with Crippen molar-refractivity contribution < 1.29 is 0 Å². The van der Waals surface area contributed by atoms with Gasteiger partial charge in [0.1, 0.15) is 11.6 Å². The molecule has 7 heteroatoms. The smallest absolute Gasteiger partial charge is 0.170 e. The van der Waals surface area contributed by atoms with Crippen LogP contribution in [0.15, 0.2) is 78.9 Å². The summed E-state index contributed by atoms with van der Waals surface area (Å²) < 4.78 is 2.16. The molecule has 1 fully saturated rings. The Morgan fingerprint density at radius 2 is 1.56 bits per heavy atom. The van der Waals surface area contributed by atoms with E-state index < -0.39 is 0 Å². The standard InChI is InChI=1S/C36H43N7/c1-26-15-14-20-32(28(26)3)42-24-23-41(27(2)25-42)22-13-12-21-40(5)35-33-36(38-29(4)37-35)43(31-18-10-7-11-19-31)34(39-33)30-16-8-6-9-17-30/h6-11,14-20,27H,12-13,21-25H2,1-5H3/t27-/m1/s1. The second-order valence-electron chi connectivity index (χ2n) is 11.9. The van der Waals surface area contributed by atoms with Gasteiger partial charge < -0.3 is 9.80 Å². The zero-order chi connectivity index (χ0) is 29.9. The van der Waals surface area contributed by atoms with E-state index in [0.29, 0.717) is 6.04 Å². The number of piperazine rings is 1. The summed E-state index contributed by atoms with van der Waals surface area (Å²) in [5.74, 6) is 2.52. The summed E-state index contributed by atoms with van der Waals surface area (Å²) in [6.07, 6.45) is 2.25. The minimum Gasteiger partial charge on any atom is -0.368 e. The molecule has 5 aromatic rings. The number of aromatic nitrogens is 4. The summed E-state index contributed by atoms with van der Waals surface area (Å²) in [5.41, 5.74) is 7.96. The second-order valence-corrected chi connectivity index (χ2v) is 11.9. The molecule has 3 heterocycles. The van der Waals surface area contributed by atoms with Crippen LogP contribution in [0.25, 0.3) is 28.2 Å². The lowest BCUT2D eigenvalue weighted by Gasteiger charge is -2.41. The Morgan fingerprint density at radius 3 is 2.30 bits per heavy atom. The van der Waals surface area contributed by atoms with E-state index in [1.165, 1.54) is 16.8 Å². The fourth-order valence-electron chi connectivity index (χ4n) is 6.31. The summed E-state index contributed by atoms with van der Waals surface area (Å²) in [5, 5.41) is 0. The maximum absolute atomic E-state index is 5.16. The maximum atomic E-state index is 5.16. The molecule has 222 valence electrons. The molecule has 0 radical (unpaired) electrons. The minimum atomic E-state index is 0.536. The predicted octanol–water partition coefficient (Wildman–Crippen LogP) is 6.83. The summed E-state index contributed by atoms with van der Waals surface area (Å²) in [6.45, 7) is 14.1. The number of nitrogens with zero attached hydrogens (tertiary/aromatic N) is 7. The van der Waals surface area contributed by atoms with Crippen molar-refractivity contribution >= 4 is 22.7 Å². The van der Waals surface area contributed by atoms with E-state index in [9.17, 15) is 0 Å². The van der Waals surface area contributed by atoms with Gasteiger partial charge in [-0.1, -0.05) is 60.7 Å². The zero-order valence-electron chi connectivity index (χ0n) is 26.2. The van der Waals surface area contributed by atoms with Crippen molar-refractivity contribution in [2.75, 3.05) is 49.6 Å². The van der Waals surface area contributed by atoms with E-state index in [2.05, 4.69) is 114 Å². The number of fused-ring (bicyclic) bond motifs is 1. The average Bonchev–Trinajstić information content (AvgIpc) is 3.41. The van der Waals surface area contributed by atoms with Crippen molar-refractivity contribution in [3.63, 3.8) is 0 Å². The van der Waals surface area contributed by atoms with E-state index in [1.807, 2.05) is 19.1 Å². The van der Waals surface area contributed by atoms with Crippen LogP contribution in [0.1, 0.15) is 36.7 Å². The summed E-state index contributed by atoms with van der Waals surface area (Å²) >= 11 is 0. The van der Waals surface area contributed by atoms with Gasteiger partial charge in [-0.2, -0.15) is 0 Å². The highest BCUT2D eigenvalue weighted by molar-refractivity contribution is 5.88. The Hall–Kier alpha value is -4.23. The van der Waals surface area contributed by atoms with Crippen molar-refractivity contribution in [2.45, 2.75) is 46.6 Å². The highest BCUT2D eigenvalue weighted by atomic mass is 15.3. The molecule has 43 heavy (non-hydrogen) atoms. The fourth-order valence-corrected chi connectivity index (χ4v) is 6.31. The van der Waals surface area contributed by atoms with Crippen molar-refractivity contribution in [2.24, 2.45) is 0 Å². The van der Waals surface area contributed by atoms with Crippen LogP contribution in [0.2, 0.25) is 0 Å². The van der Waals surface area contributed by atoms with Crippen LogP contribution < -0.4 is 9.80 Å². The van der Waals surface area contributed by atoms with E-state index in [4.69, 9.17) is 15.0 Å². The first-order valence-electron chi connectivity index (χ1n) is 15.5. The third-order valence-corrected chi connectivity index (χ3v) is 8.88. The van der Waals surface area contributed by atoms with Gasteiger partial charge in [0.05, 0.1) is 0 Å². The second kappa shape index (κ2) is 12.6. The fraction of sp³-hybridized carbons (Fsp3) is 0.361. The molecule has 1 atom stereocenters. The van der Waals surface area contributed by atoms with Gasteiger partial charge in [0, 0.05) is 56.2 Å². The van der Waals surface area contributed by atoms with E-state index >= 15 is 0 Å². The van der Waals surface area contributed by atoms with Crippen LogP contribution in [0, 0.1) is 20.8 Å². The minimum absolute atomic E-state index is 0.536.